The summed E-state index contributed by atoms with van der Waals surface area (Å²) in [7, 11) is -11.4. The number of sulfonamides is 1. The highest BCUT2D eigenvalue weighted by Crippen LogP contribution is 2.39. The second-order valence-corrected chi connectivity index (χ2v) is 13.1. The molecule has 0 spiro atoms. The lowest BCUT2D eigenvalue weighted by Crippen LogP contribution is -2.52. The number of ether oxygens (including phenoxy) is 2. The molecule has 226 valence electrons. The Morgan fingerprint density at radius 2 is 1.90 bits per heavy atom. The summed E-state index contributed by atoms with van der Waals surface area (Å²) in [6.45, 7) is 3.48. The maximum Gasteiger partial charge on any atom is 0.490 e. The second-order valence-electron chi connectivity index (χ2n) is 9.99. The monoisotopic (exact) mass is 615 g/mol. The predicted octanol–water partition coefficient (Wildman–Crippen LogP) is 0.0124. The molecule has 14 nitrogen and oxygen atoms in total. The zero-order valence-electron chi connectivity index (χ0n) is 22.6. The molecule has 1 aromatic heterocycles. The molecule has 1 unspecified atom stereocenters. The Morgan fingerprint density at radius 3 is 2.44 bits per heavy atom. The molecule has 3 atom stereocenters. The van der Waals surface area contributed by atoms with Crippen molar-refractivity contribution < 1.29 is 51.6 Å². The van der Waals surface area contributed by atoms with Gasteiger partial charge >= 0.3 is 21.0 Å². The zero-order chi connectivity index (χ0) is 30.2. The number of nitrogens with one attached hydrogen (secondary N) is 1. The Bertz CT molecular complexity index is 1270. The van der Waals surface area contributed by atoms with Crippen LogP contribution >= 0.6 is 7.82 Å². The van der Waals surface area contributed by atoms with Gasteiger partial charge in [-0.2, -0.15) is 4.31 Å². The van der Waals surface area contributed by atoms with Crippen molar-refractivity contribution in [2.75, 3.05) is 26.3 Å². The van der Waals surface area contributed by atoms with Gasteiger partial charge in [-0.25, -0.2) is 22.8 Å². The van der Waals surface area contributed by atoms with Gasteiger partial charge in [-0.05, 0) is 24.0 Å². The third-order valence-electron chi connectivity index (χ3n) is 6.10. The summed E-state index contributed by atoms with van der Waals surface area (Å²) in [6, 6.07) is 9.88. The average Bonchev–Trinajstić information content (AvgIpc) is 3.40. The number of benzene rings is 1. The van der Waals surface area contributed by atoms with E-state index >= 15 is 0 Å². The van der Waals surface area contributed by atoms with E-state index in [4.69, 9.17) is 14.0 Å². The standard InChI is InChI=1S/C24H35BN3O11PS/c1-17(2)14-28(41(35,36)23-9-8-19(13-26-23)25(30)31)15-22(39-40(32,33)34)21(12-18-6-4-3-5-7-18)27-24(29)38-20-10-11-37-16-20/h3-9,13,17,20-22,30-31H,10-12,14-16H2,1-2H3,(H,27,29)(H2,32,33,34)/t20-,21?,22+/m0/s1. The number of hydrogen-bond donors (Lipinski definition) is 5. The first-order valence-electron chi connectivity index (χ1n) is 12.9. The molecule has 1 aliphatic rings. The summed E-state index contributed by atoms with van der Waals surface area (Å²) in [4.78, 5) is 36.2. The highest BCUT2D eigenvalue weighted by molar-refractivity contribution is 7.89. The van der Waals surface area contributed by atoms with Crippen LogP contribution in [0.2, 0.25) is 0 Å². The fourth-order valence-electron chi connectivity index (χ4n) is 4.20. The molecule has 5 N–H and O–H groups in total. The number of phosphoric acid groups is 1. The minimum Gasteiger partial charge on any atom is -0.444 e. The number of alkyl carbamates (subject to hydrolysis) is 1. The SMILES string of the molecule is CC(C)CN(C[C@@H](OP(=O)(O)O)C(Cc1ccccc1)NC(=O)O[C@H]1CCOC1)S(=O)(=O)c1ccc(B(O)O)cn1. The largest absolute Gasteiger partial charge is 0.490 e. The number of phosphoric ester groups is 1. The van der Waals surface area contributed by atoms with Gasteiger partial charge in [0.05, 0.1) is 19.3 Å². The van der Waals surface area contributed by atoms with Crippen molar-refractivity contribution in [1.82, 2.24) is 14.6 Å². The molecule has 1 amide bonds. The second kappa shape index (κ2) is 14.7. The lowest BCUT2D eigenvalue weighted by molar-refractivity contribution is 0.0601. The Hall–Kier alpha value is -2.40. The first-order valence-corrected chi connectivity index (χ1v) is 15.9. The van der Waals surface area contributed by atoms with E-state index in [1.807, 2.05) is 0 Å². The molecule has 3 rings (SSSR count). The highest BCUT2D eigenvalue weighted by Gasteiger charge is 2.37. The molecule has 41 heavy (non-hydrogen) atoms. The molecule has 1 aromatic carbocycles. The van der Waals surface area contributed by atoms with Gasteiger partial charge in [-0.15, -0.1) is 0 Å². The van der Waals surface area contributed by atoms with Crippen LogP contribution in [0.3, 0.4) is 0 Å². The number of nitrogens with zero attached hydrogens (tertiary/aromatic N) is 2. The maximum atomic E-state index is 13.6. The molecule has 1 fully saturated rings. The third kappa shape index (κ3) is 10.4. The molecule has 1 aliphatic heterocycles. The number of pyridine rings is 1. The molecular formula is C24H35BN3O11PS. The molecule has 2 heterocycles. The molecule has 0 saturated carbocycles. The maximum absolute atomic E-state index is 13.6. The van der Waals surface area contributed by atoms with Crippen LogP contribution in [0.15, 0.2) is 53.7 Å². The van der Waals surface area contributed by atoms with E-state index in [9.17, 15) is 37.6 Å². The van der Waals surface area contributed by atoms with Crippen LogP contribution in [0.1, 0.15) is 25.8 Å². The summed E-state index contributed by atoms with van der Waals surface area (Å²) < 4.78 is 56.1. The minimum atomic E-state index is -5.19. The van der Waals surface area contributed by atoms with Crippen LogP contribution in [-0.2, 0) is 35.0 Å². The lowest BCUT2D eigenvalue weighted by atomic mass is 9.82. The summed E-state index contributed by atoms with van der Waals surface area (Å²) in [5.41, 5.74) is 0.653. The summed E-state index contributed by atoms with van der Waals surface area (Å²) >= 11 is 0. The number of aromatic nitrogens is 1. The molecular weight excluding hydrogens is 580 g/mol. The quantitative estimate of drug-likeness (QED) is 0.141. The number of amides is 1. The van der Waals surface area contributed by atoms with Crippen molar-refractivity contribution in [3.05, 3.63) is 54.2 Å². The van der Waals surface area contributed by atoms with Crippen molar-refractivity contribution in [1.29, 1.82) is 0 Å². The van der Waals surface area contributed by atoms with Gasteiger partial charge in [0.15, 0.2) is 5.03 Å². The fourth-order valence-corrected chi connectivity index (χ4v) is 6.30. The van der Waals surface area contributed by atoms with E-state index in [1.54, 1.807) is 44.2 Å². The number of hydrogen-bond acceptors (Lipinski definition) is 10. The summed E-state index contributed by atoms with van der Waals surface area (Å²) in [5.74, 6) is -0.230. The predicted molar refractivity (Wildman–Crippen MR) is 147 cm³/mol. The molecule has 0 radical (unpaired) electrons. The molecule has 0 aliphatic carbocycles. The Kier molecular flexibility index (Phi) is 11.8. The van der Waals surface area contributed by atoms with Gasteiger partial charge in [0, 0.05) is 31.2 Å². The summed E-state index contributed by atoms with van der Waals surface area (Å²) in [6.07, 6.45) is -1.40. The van der Waals surface area contributed by atoms with E-state index in [0.717, 1.165) is 16.6 Å². The van der Waals surface area contributed by atoms with Gasteiger partial charge in [-0.3, -0.25) is 4.52 Å². The van der Waals surface area contributed by atoms with Crippen LogP contribution in [0.4, 0.5) is 4.79 Å². The Morgan fingerprint density at radius 1 is 1.20 bits per heavy atom. The van der Waals surface area contributed by atoms with Gasteiger partial charge in [0.25, 0.3) is 10.0 Å². The van der Waals surface area contributed by atoms with Crippen molar-refractivity contribution in [2.24, 2.45) is 5.92 Å². The topological polar surface area (TPSA) is 205 Å². The highest BCUT2D eigenvalue weighted by atomic mass is 32.2. The minimum absolute atomic E-state index is 0.0265. The first-order chi connectivity index (χ1) is 19.2. The molecule has 17 heteroatoms. The third-order valence-corrected chi connectivity index (χ3v) is 8.39. The van der Waals surface area contributed by atoms with Crippen LogP contribution in [-0.4, -0.2) is 95.3 Å². The average molecular weight is 615 g/mol. The molecule has 2 aromatic rings. The van der Waals surface area contributed by atoms with Gasteiger partial charge in [0.2, 0.25) is 0 Å². The number of rotatable bonds is 14. The lowest BCUT2D eigenvalue weighted by Gasteiger charge is -2.33. The molecule has 0 bridgehead atoms. The van der Waals surface area contributed by atoms with E-state index in [0.29, 0.717) is 18.6 Å². The van der Waals surface area contributed by atoms with E-state index in [1.165, 1.54) is 6.07 Å². The molecule has 1 saturated heterocycles. The first kappa shape index (κ1) is 33.1. The van der Waals surface area contributed by atoms with Crippen molar-refractivity contribution in [3.63, 3.8) is 0 Å². The van der Waals surface area contributed by atoms with E-state index in [-0.39, 0.29) is 31.0 Å². The van der Waals surface area contributed by atoms with Crippen LogP contribution in [0, 0.1) is 5.92 Å². The summed E-state index contributed by atoms with van der Waals surface area (Å²) in [5, 5.41) is 20.8. The van der Waals surface area contributed by atoms with Crippen LogP contribution in [0.5, 0.6) is 0 Å². The van der Waals surface area contributed by atoms with Crippen molar-refractivity contribution in [3.8, 4) is 0 Å². The number of carbonyl (C=O) groups excluding carboxylic acids is 1. The van der Waals surface area contributed by atoms with Crippen molar-refractivity contribution >= 4 is 36.5 Å². The van der Waals surface area contributed by atoms with Crippen LogP contribution < -0.4 is 10.8 Å². The van der Waals surface area contributed by atoms with Crippen LogP contribution in [0.25, 0.3) is 0 Å². The van der Waals surface area contributed by atoms with Gasteiger partial charge in [0.1, 0.15) is 12.2 Å². The van der Waals surface area contributed by atoms with E-state index in [2.05, 4.69) is 10.3 Å². The van der Waals surface area contributed by atoms with E-state index < -0.39 is 60.9 Å². The fraction of sp³-hybridized carbons (Fsp3) is 0.500. The van der Waals surface area contributed by atoms with Crippen molar-refractivity contribution in [2.45, 2.75) is 50.0 Å². The number of carbonyl (C=O) groups is 1. The Labute approximate surface area is 239 Å². The normalized spacial score (nSPS) is 17.4. The van der Waals surface area contributed by atoms with Gasteiger partial charge < -0.3 is 34.6 Å². The Balaban J connectivity index is 1.97. The smallest absolute Gasteiger partial charge is 0.444 e. The zero-order valence-corrected chi connectivity index (χ0v) is 24.4. The van der Waals surface area contributed by atoms with Gasteiger partial charge in [-0.1, -0.05) is 50.2 Å².